The summed E-state index contributed by atoms with van der Waals surface area (Å²) in [6, 6.07) is 0. The second-order valence-electron chi connectivity index (χ2n) is 6.59. The SMILES string of the molecule is CB(OCC(C)(C)C(C)C)C(C)(C)C(C)O. The number of rotatable bonds is 6. The average molecular weight is 228 g/mol. The lowest BCUT2D eigenvalue weighted by Gasteiger charge is -2.36. The van der Waals surface area contributed by atoms with Crippen LogP contribution in [0.2, 0.25) is 12.1 Å². The van der Waals surface area contributed by atoms with E-state index in [0.717, 1.165) is 6.61 Å². The summed E-state index contributed by atoms with van der Waals surface area (Å²) in [6.07, 6.45) is -0.357. The Morgan fingerprint density at radius 3 is 1.88 bits per heavy atom. The molecule has 0 aliphatic heterocycles. The predicted molar refractivity (Wildman–Crippen MR) is 71.9 cm³/mol. The van der Waals surface area contributed by atoms with Crippen molar-refractivity contribution in [1.29, 1.82) is 0 Å². The maximum atomic E-state index is 9.71. The minimum atomic E-state index is -0.357. The first kappa shape index (κ1) is 16.0. The normalized spacial score (nSPS) is 15.4. The highest BCUT2D eigenvalue weighted by Crippen LogP contribution is 2.35. The van der Waals surface area contributed by atoms with E-state index < -0.39 is 0 Å². The molecule has 3 heteroatoms. The van der Waals surface area contributed by atoms with E-state index >= 15 is 0 Å². The van der Waals surface area contributed by atoms with Gasteiger partial charge in [0.15, 0.2) is 0 Å². The van der Waals surface area contributed by atoms with Crippen LogP contribution in [0.3, 0.4) is 0 Å². The van der Waals surface area contributed by atoms with Crippen LogP contribution in [0.25, 0.3) is 0 Å². The van der Waals surface area contributed by atoms with Gasteiger partial charge in [-0.1, -0.05) is 48.4 Å². The van der Waals surface area contributed by atoms with E-state index in [4.69, 9.17) is 4.65 Å². The maximum absolute atomic E-state index is 9.71. The number of aliphatic hydroxyl groups is 1. The Hall–Kier alpha value is -0.0151. The summed E-state index contributed by atoms with van der Waals surface area (Å²) < 4.78 is 5.93. The van der Waals surface area contributed by atoms with Gasteiger partial charge in [-0.05, 0) is 23.6 Å². The van der Waals surface area contributed by atoms with Gasteiger partial charge < -0.3 is 9.76 Å². The van der Waals surface area contributed by atoms with Crippen molar-refractivity contribution in [3.8, 4) is 0 Å². The monoisotopic (exact) mass is 228 g/mol. The summed E-state index contributed by atoms with van der Waals surface area (Å²) in [7, 11) is 0. The Bertz CT molecular complexity index is 210. The summed E-state index contributed by atoms with van der Waals surface area (Å²) in [5.74, 6) is 0.592. The standard InChI is InChI=1S/C13H29BO2/c1-10(2)12(4,5)9-16-14(8)13(6,7)11(3)15/h10-11,15H,9H2,1-8H3. The molecule has 0 aromatic heterocycles. The first-order valence-electron chi connectivity index (χ1n) is 6.31. The molecular weight excluding hydrogens is 199 g/mol. The van der Waals surface area contributed by atoms with E-state index in [-0.39, 0.29) is 23.7 Å². The molecule has 0 amide bonds. The topological polar surface area (TPSA) is 29.5 Å². The molecule has 0 spiro atoms. The zero-order valence-electron chi connectivity index (χ0n) is 12.3. The van der Waals surface area contributed by atoms with Crippen molar-refractivity contribution in [3.05, 3.63) is 0 Å². The molecule has 0 aromatic rings. The predicted octanol–water partition coefficient (Wildman–Crippen LogP) is 3.47. The molecule has 2 nitrogen and oxygen atoms in total. The van der Waals surface area contributed by atoms with Crippen molar-refractivity contribution in [3.63, 3.8) is 0 Å². The van der Waals surface area contributed by atoms with Crippen molar-refractivity contribution in [1.82, 2.24) is 0 Å². The van der Waals surface area contributed by atoms with Crippen molar-refractivity contribution < 1.29 is 9.76 Å². The van der Waals surface area contributed by atoms with Gasteiger partial charge in [0.25, 0.3) is 6.92 Å². The number of aliphatic hydroxyl groups excluding tert-OH is 1. The minimum absolute atomic E-state index is 0.0607. The molecular formula is C13H29BO2. The van der Waals surface area contributed by atoms with Crippen LogP contribution in [-0.4, -0.2) is 24.7 Å². The van der Waals surface area contributed by atoms with Crippen molar-refractivity contribution in [2.24, 2.45) is 11.3 Å². The molecule has 96 valence electrons. The van der Waals surface area contributed by atoms with Crippen LogP contribution in [0.5, 0.6) is 0 Å². The maximum Gasteiger partial charge on any atom is 0.298 e. The minimum Gasteiger partial charge on any atom is -0.435 e. The number of hydrogen-bond acceptors (Lipinski definition) is 2. The lowest BCUT2D eigenvalue weighted by molar-refractivity contribution is 0.103. The molecule has 0 aliphatic rings. The molecule has 0 fully saturated rings. The fourth-order valence-electron chi connectivity index (χ4n) is 1.06. The quantitative estimate of drug-likeness (QED) is 0.705. The first-order chi connectivity index (χ1) is 7.01. The second-order valence-corrected chi connectivity index (χ2v) is 6.59. The van der Waals surface area contributed by atoms with Gasteiger partial charge >= 0.3 is 0 Å². The number of hydrogen-bond donors (Lipinski definition) is 1. The van der Waals surface area contributed by atoms with Crippen molar-refractivity contribution >= 4 is 6.92 Å². The summed E-state index contributed by atoms with van der Waals surface area (Å²) in [5, 5.41) is 9.51. The molecule has 0 radical (unpaired) electrons. The van der Waals surface area contributed by atoms with E-state index in [9.17, 15) is 5.11 Å². The van der Waals surface area contributed by atoms with E-state index in [1.54, 1.807) is 0 Å². The highest BCUT2D eigenvalue weighted by atomic mass is 16.4. The molecule has 1 N–H and O–H groups in total. The highest BCUT2D eigenvalue weighted by Gasteiger charge is 2.37. The van der Waals surface area contributed by atoms with Gasteiger partial charge in [0.05, 0.1) is 6.10 Å². The van der Waals surface area contributed by atoms with Crippen LogP contribution in [0.15, 0.2) is 0 Å². The Morgan fingerprint density at radius 1 is 1.12 bits per heavy atom. The second kappa shape index (κ2) is 5.55. The molecule has 0 rings (SSSR count). The van der Waals surface area contributed by atoms with Crippen LogP contribution < -0.4 is 0 Å². The Morgan fingerprint density at radius 2 is 1.56 bits per heavy atom. The van der Waals surface area contributed by atoms with Gasteiger partial charge in [0.2, 0.25) is 0 Å². The van der Waals surface area contributed by atoms with Gasteiger partial charge in [-0.2, -0.15) is 0 Å². The Labute approximate surface area is 102 Å². The molecule has 1 atom stereocenters. The van der Waals surface area contributed by atoms with E-state index in [2.05, 4.69) is 27.7 Å². The van der Waals surface area contributed by atoms with Crippen LogP contribution in [0, 0.1) is 11.3 Å². The van der Waals surface area contributed by atoms with Crippen LogP contribution >= 0.6 is 0 Å². The Kier molecular flexibility index (Phi) is 5.54. The molecule has 0 saturated carbocycles. The van der Waals surface area contributed by atoms with Gasteiger partial charge in [-0.25, -0.2) is 0 Å². The fourth-order valence-corrected chi connectivity index (χ4v) is 1.06. The molecule has 16 heavy (non-hydrogen) atoms. The fraction of sp³-hybridized carbons (Fsp3) is 1.00. The highest BCUT2D eigenvalue weighted by molar-refractivity contribution is 6.54. The van der Waals surface area contributed by atoms with Crippen molar-refractivity contribution in [2.75, 3.05) is 6.61 Å². The van der Waals surface area contributed by atoms with Gasteiger partial charge in [-0.3, -0.25) is 0 Å². The average Bonchev–Trinajstić information content (AvgIpc) is 2.13. The third kappa shape index (κ3) is 4.10. The molecule has 0 aromatic carbocycles. The molecule has 0 aliphatic carbocycles. The van der Waals surface area contributed by atoms with Gasteiger partial charge in [-0.15, -0.1) is 0 Å². The lowest BCUT2D eigenvalue weighted by atomic mass is 9.46. The zero-order chi connectivity index (χ0) is 13.1. The third-order valence-electron chi connectivity index (χ3n) is 4.39. The van der Waals surface area contributed by atoms with Crippen LogP contribution in [0.1, 0.15) is 48.5 Å². The van der Waals surface area contributed by atoms with E-state index in [0.29, 0.717) is 5.92 Å². The molecule has 1 unspecified atom stereocenters. The largest absolute Gasteiger partial charge is 0.435 e. The summed E-state index contributed by atoms with van der Waals surface area (Å²) in [6.45, 7) is 17.6. The zero-order valence-corrected chi connectivity index (χ0v) is 12.3. The Balaban J connectivity index is 4.33. The molecule has 0 heterocycles. The smallest absolute Gasteiger partial charge is 0.298 e. The lowest BCUT2D eigenvalue weighted by Crippen LogP contribution is -2.39. The van der Waals surface area contributed by atoms with Gasteiger partial charge in [0.1, 0.15) is 0 Å². The summed E-state index contributed by atoms with van der Waals surface area (Å²) >= 11 is 0. The molecule has 0 saturated heterocycles. The van der Waals surface area contributed by atoms with Crippen LogP contribution in [-0.2, 0) is 4.65 Å². The van der Waals surface area contributed by atoms with E-state index in [1.165, 1.54) is 0 Å². The van der Waals surface area contributed by atoms with Gasteiger partial charge in [0, 0.05) is 6.61 Å². The van der Waals surface area contributed by atoms with E-state index in [1.807, 2.05) is 27.6 Å². The first-order valence-corrected chi connectivity index (χ1v) is 6.31. The molecule has 0 bridgehead atoms. The summed E-state index contributed by atoms with van der Waals surface area (Å²) in [5.41, 5.74) is 0.184. The van der Waals surface area contributed by atoms with Crippen LogP contribution in [0.4, 0.5) is 0 Å². The summed E-state index contributed by atoms with van der Waals surface area (Å²) in [4.78, 5) is 0. The third-order valence-corrected chi connectivity index (χ3v) is 4.39. The van der Waals surface area contributed by atoms with Crippen molar-refractivity contribution in [2.45, 2.75) is 66.7 Å².